The molecule has 0 saturated carbocycles. The third kappa shape index (κ3) is 48.3. The number of hydrogen-bond donors (Lipinski definition) is 0. The first-order valence-electron chi connectivity index (χ1n) is 31.7. The van der Waals surface area contributed by atoms with Gasteiger partial charge in [0.25, 0.3) is 0 Å². The van der Waals surface area contributed by atoms with Crippen molar-refractivity contribution in [3.05, 3.63) is 41.8 Å². The summed E-state index contributed by atoms with van der Waals surface area (Å²) in [5.74, 6) is 0. The van der Waals surface area contributed by atoms with Crippen LogP contribution >= 0.6 is 0 Å². The molecule has 0 saturated heterocycles. The van der Waals surface area contributed by atoms with Crippen LogP contribution < -0.4 is 0 Å². The summed E-state index contributed by atoms with van der Waals surface area (Å²) in [5, 5.41) is 0. The van der Waals surface area contributed by atoms with E-state index in [-0.39, 0.29) is 0 Å². The molecule has 0 aliphatic rings. The summed E-state index contributed by atoms with van der Waals surface area (Å²) in [6.45, 7) is 8.76. The second kappa shape index (κ2) is 55.2. The zero-order valence-electron chi connectivity index (χ0n) is 46.2. The maximum atomic E-state index is 4.13. The Bertz CT molecular complexity index is 947. The van der Waals surface area contributed by atoms with Crippen LogP contribution in [0.1, 0.15) is 377 Å². The van der Waals surface area contributed by atoms with Crippen molar-refractivity contribution in [3.8, 4) is 0 Å². The van der Waals surface area contributed by atoms with Crippen molar-refractivity contribution >= 4 is 0 Å². The fourth-order valence-electron chi connectivity index (χ4n) is 10.9. The summed E-state index contributed by atoms with van der Waals surface area (Å²) in [6.07, 6.45) is 82.3. The van der Waals surface area contributed by atoms with E-state index >= 15 is 0 Å². The smallest absolute Gasteiger partial charge is 0.0279 e. The highest BCUT2D eigenvalue weighted by molar-refractivity contribution is 5.30. The van der Waals surface area contributed by atoms with E-state index in [1.807, 2.05) is 0 Å². The predicted octanol–water partition coefficient (Wildman–Crippen LogP) is 24.3. The molecule has 0 heteroatoms. The van der Waals surface area contributed by atoms with E-state index in [0.717, 1.165) is 6.42 Å². The molecule has 0 atom stereocenters. The Labute approximate surface area is 419 Å². The monoisotopic (exact) mass is 918 g/mol. The largest absolute Gasteiger partial charge is 0.0654 e. The minimum atomic E-state index is 1.05. The second-order valence-corrected chi connectivity index (χ2v) is 22.3. The van der Waals surface area contributed by atoms with Crippen LogP contribution in [-0.2, 0) is 19.3 Å². The number of rotatable bonds is 57. The molecule has 0 nitrogen and oxygen atoms in total. The molecule has 389 valence electrons. The molecule has 1 radical (unpaired) electrons. The van der Waals surface area contributed by atoms with Gasteiger partial charge in [0.2, 0.25) is 0 Å². The van der Waals surface area contributed by atoms with E-state index < -0.39 is 0 Å². The standard InChI is InChI=1S/C66H125/c1-4-7-10-12-14-16-18-20-22-24-26-28-30-32-34-36-38-40-42-44-46-48-50-52-54-56-59-65-61-64(58-9-6-3)62-66(63-65)60-57-55-53-51-49-47-45-43-41-39-37-35-33-31-29-27-25-23-21-19-17-15-13-11-8-5-2/h61-63H,3-60H2,1-2H3. The van der Waals surface area contributed by atoms with Crippen molar-refractivity contribution in [2.45, 2.75) is 380 Å². The van der Waals surface area contributed by atoms with E-state index in [2.05, 4.69) is 39.0 Å². The molecule has 0 amide bonds. The molecule has 0 aromatic heterocycles. The van der Waals surface area contributed by atoms with Crippen molar-refractivity contribution in [3.63, 3.8) is 0 Å². The summed E-state index contributed by atoms with van der Waals surface area (Å²) < 4.78 is 0. The van der Waals surface area contributed by atoms with Crippen LogP contribution in [0.25, 0.3) is 0 Å². The van der Waals surface area contributed by atoms with Crippen molar-refractivity contribution in [1.82, 2.24) is 0 Å². The Morgan fingerprint density at radius 3 is 0.485 bits per heavy atom. The van der Waals surface area contributed by atoms with Crippen LogP contribution in [0.15, 0.2) is 18.2 Å². The van der Waals surface area contributed by atoms with Crippen LogP contribution in [0.4, 0.5) is 0 Å². The normalized spacial score (nSPS) is 11.7. The summed E-state index contributed by atoms with van der Waals surface area (Å²) in [7, 11) is 0. The van der Waals surface area contributed by atoms with Gasteiger partial charge in [-0.2, -0.15) is 0 Å². The van der Waals surface area contributed by atoms with Crippen molar-refractivity contribution in [2.24, 2.45) is 0 Å². The molecule has 0 unspecified atom stereocenters. The topological polar surface area (TPSA) is 0 Å². The second-order valence-electron chi connectivity index (χ2n) is 22.3. The molecular weight excluding hydrogens is 793 g/mol. The Morgan fingerprint density at radius 1 is 0.197 bits per heavy atom. The van der Waals surface area contributed by atoms with Gasteiger partial charge in [-0.3, -0.25) is 0 Å². The van der Waals surface area contributed by atoms with Gasteiger partial charge in [0.15, 0.2) is 0 Å². The van der Waals surface area contributed by atoms with E-state index in [1.165, 1.54) is 360 Å². The fraction of sp³-hybridized carbons (Fsp3) is 0.894. The summed E-state index contributed by atoms with van der Waals surface area (Å²) in [5.41, 5.74) is 4.81. The van der Waals surface area contributed by atoms with E-state index in [0.29, 0.717) is 0 Å². The molecule has 0 spiro atoms. The SMILES string of the molecule is [CH2]CCCc1cc(CCCCCCCCCCCCCCCCCCCCCCCCCCCC)cc(CCCCCCCCCCCCCCCCCCCCCCCCCCCC)c1. The molecule has 0 N–H and O–H groups in total. The fourth-order valence-corrected chi connectivity index (χ4v) is 10.9. The number of hydrogen-bond acceptors (Lipinski definition) is 0. The highest BCUT2D eigenvalue weighted by Crippen LogP contribution is 2.21. The average Bonchev–Trinajstić information content (AvgIpc) is 3.33. The Morgan fingerprint density at radius 2 is 0.333 bits per heavy atom. The van der Waals surface area contributed by atoms with Crippen LogP contribution in [0, 0.1) is 6.92 Å². The first kappa shape index (κ1) is 63.2. The van der Waals surface area contributed by atoms with Gasteiger partial charge in [-0.25, -0.2) is 0 Å². The zero-order chi connectivity index (χ0) is 47.2. The Kier molecular flexibility index (Phi) is 52.8. The van der Waals surface area contributed by atoms with Gasteiger partial charge in [0, 0.05) is 0 Å². The average molecular weight is 919 g/mol. The quantitative estimate of drug-likeness (QED) is 0.0571. The van der Waals surface area contributed by atoms with Crippen LogP contribution in [0.2, 0.25) is 0 Å². The molecule has 0 fully saturated rings. The molecule has 1 rings (SSSR count). The van der Waals surface area contributed by atoms with Gasteiger partial charge in [-0.15, -0.1) is 0 Å². The van der Waals surface area contributed by atoms with Gasteiger partial charge < -0.3 is 0 Å². The first-order chi connectivity index (χ1) is 32.8. The summed E-state index contributed by atoms with van der Waals surface area (Å²) >= 11 is 0. The predicted molar refractivity (Wildman–Crippen MR) is 304 cm³/mol. The van der Waals surface area contributed by atoms with Crippen LogP contribution in [-0.4, -0.2) is 0 Å². The first-order valence-corrected chi connectivity index (χ1v) is 31.7. The maximum Gasteiger partial charge on any atom is -0.0279 e. The molecule has 0 heterocycles. The molecule has 1 aromatic carbocycles. The van der Waals surface area contributed by atoms with Crippen molar-refractivity contribution < 1.29 is 0 Å². The molecular formula is C66H125. The van der Waals surface area contributed by atoms with E-state index in [1.54, 1.807) is 16.7 Å². The zero-order valence-corrected chi connectivity index (χ0v) is 46.2. The minimum absolute atomic E-state index is 1.05. The lowest BCUT2D eigenvalue weighted by atomic mass is 9.95. The van der Waals surface area contributed by atoms with Gasteiger partial charge in [-0.05, 0) is 55.2 Å². The van der Waals surface area contributed by atoms with Crippen molar-refractivity contribution in [2.75, 3.05) is 0 Å². The van der Waals surface area contributed by atoms with E-state index in [4.69, 9.17) is 0 Å². The molecule has 0 bridgehead atoms. The van der Waals surface area contributed by atoms with Crippen LogP contribution in [0.5, 0.6) is 0 Å². The molecule has 0 aliphatic carbocycles. The van der Waals surface area contributed by atoms with Crippen LogP contribution in [0.3, 0.4) is 0 Å². The summed E-state index contributed by atoms with van der Waals surface area (Å²) in [4.78, 5) is 0. The lowest BCUT2D eigenvalue weighted by Gasteiger charge is -2.11. The maximum absolute atomic E-state index is 4.13. The highest BCUT2D eigenvalue weighted by atomic mass is 14.1. The van der Waals surface area contributed by atoms with E-state index in [9.17, 15) is 0 Å². The van der Waals surface area contributed by atoms with Crippen molar-refractivity contribution in [1.29, 1.82) is 0 Å². The minimum Gasteiger partial charge on any atom is -0.0654 e. The lowest BCUT2D eigenvalue weighted by molar-refractivity contribution is 0.515. The molecule has 0 aliphatic heterocycles. The number of aryl methyl sites for hydroxylation is 3. The Hall–Kier alpha value is -0.780. The highest BCUT2D eigenvalue weighted by Gasteiger charge is 2.05. The third-order valence-corrected chi connectivity index (χ3v) is 15.5. The molecule has 66 heavy (non-hydrogen) atoms. The third-order valence-electron chi connectivity index (χ3n) is 15.5. The molecule has 1 aromatic rings. The van der Waals surface area contributed by atoms with Gasteiger partial charge in [0.1, 0.15) is 0 Å². The summed E-state index contributed by atoms with van der Waals surface area (Å²) in [6, 6.07) is 7.66. The number of unbranched alkanes of at least 4 members (excludes halogenated alkanes) is 51. The lowest BCUT2D eigenvalue weighted by Crippen LogP contribution is -1.96. The van der Waals surface area contributed by atoms with Gasteiger partial charge in [0.05, 0.1) is 0 Å². The number of benzene rings is 1. The van der Waals surface area contributed by atoms with Gasteiger partial charge >= 0.3 is 0 Å². The Balaban J connectivity index is 1.91. The van der Waals surface area contributed by atoms with Gasteiger partial charge in [-0.1, -0.05) is 366 Å².